The largest absolute Gasteiger partial charge is 0.494 e. The van der Waals surface area contributed by atoms with Crippen molar-refractivity contribution in [2.24, 2.45) is 4.99 Å². The number of nitrogens with zero attached hydrogens (tertiary/aromatic N) is 1. The average Bonchev–Trinajstić information content (AvgIpc) is 2.54. The predicted octanol–water partition coefficient (Wildman–Crippen LogP) is 4.21. The fraction of sp³-hybridized carbons (Fsp3) is 0.588. The summed E-state index contributed by atoms with van der Waals surface area (Å²) < 4.78 is 18.8. The van der Waals surface area contributed by atoms with Crippen molar-refractivity contribution in [3.63, 3.8) is 0 Å². The summed E-state index contributed by atoms with van der Waals surface area (Å²) in [7, 11) is 1.47. The van der Waals surface area contributed by atoms with Crippen molar-refractivity contribution in [3.8, 4) is 5.75 Å². The van der Waals surface area contributed by atoms with Gasteiger partial charge in [-0.3, -0.25) is 4.99 Å². The van der Waals surface area contributed by atoms with Gasteiger partial charge >= 0.3 is 0 Å². The Kier molecular flexibility index (Phi) is 13.2. The first-order chi connectivity index (χ1) is 11.1. The molecule has 1 rings (SSSR count). The summed E-state index contributed by atoms with van der Waals surface area (Å²) in [6.45, 7) is 5.60. The van der Waals surface area contributed by atoms with Gasteiger partial charge in [-0.2, -0.15) is 11.8 Å². The summed E-state index contributed by atoms with van der Waals surface area (Å²) in [5.74, 6) is 1.84. The highest BCUT2D eigenvalue weighted by Crippen LogP contribution is 2.21. The van der Waals surface area contributed by atoms with Crippen LogP contribution in [0.25, 0.3) is 0 Å². The van der Waals surface area contributed by atoms with Crippen LogP contribution in [0.5, 0.6) is 5.75 Å². The van der Waals surface area contributed by atoms with Crippen molar-refractivity contribution in [3.05, 3.63) is 29.6 Å². The third kappa shape index (κ3) is 8.41. The molecule has 0 heterocycles. The molecule has 0 aliphatic rings. The lowest BCUT2D eigenvalue weighted by molar-refractivity contribution is 0.386. The summed E-state index contributed by atoms with van der Waals surface area (Å²) in [6.07, 6.45) is 4.36. The van der Waals surface area contributed by atoms with Gasteiger partial charge in [-0.05, 0) is 56.4 Å². The zero-order valence-corrected chi connectivity index (χ0v) is 18.0. The number of nitrogens with one attached hydrogen (secondary N) is 2. The summed E-state index contributed by atoms with van der Waals surface area (Å²) in [6, 6.07) is 4.97. The molecule has 1 unspecified atom stereocenters. The van der Waals surface area contributed by atoms with E-state index in [1.54, 1.807) is 6.07 Å². The molecule has 0 radical (unpaired) electrons. The number of benzene rings is 1. The molecule has 1 aromatic rings. The minimum absolute atomic E-state index is 0. The SMILES string of the molecule is CCNC(=NCCCCSC)NC(C)c1ccc(OC)c(F)c1.I. The van der Waals surface area contributed by atoms with Gasteiger partial charge in [0.1, 0.15) is 0 Å². The van der Waals surface area contributed by atoms with Gasteiger partial charge in [0.05, 0.1) is 13.2 Å². The molecule has 1 atom stereocenters. The average molecular weight is 469 g/mol. The Morgan fingerprint density at radius 3 is 2.71 bits per heavy atom. The van der Waals surface area contributed by atoms with Crippen molar-refractivity contribution >= 4 is 41.7 Å². The number of halogens is 2. The Balaban J connectivity index is 0.00000529. The lowest BCUT2D eigenvalue weighted by Gasteiger charge is -2.18. The van der Waals surface area contributed by atoms with Crippen LogP contribution >= 0.6 is 35.7 Å². The lowest BCUT2D eigenvalue weighted by Crippen LogP contribution is -2.38. The molecular weight excluding hydrogens is 440 g/mol. The van der Waals surface area contributed by atoms with Gasteiger partial charge in [-0.25, -0.2) is 4.39 Å². The van der Waals surface area contributed by atoms with Crippen LogP contribution in [-0.4, -0.2) is 38.2 Å². The first-order valence-electron chi connectivity index (χ1n) is 7.99. The molecule has 0 spiro atoms. The van der Waals surface area contributed by atoms with Crippen LogP contribution in [-0.2, 0) is 0 Å². The molecule has 2 N–H and O–H groups in total. The van der Waals surface area contributed by atoms with Gasteiger partial charge < -0.3 is 15.4 Å². The van der Waals surface area contributed by atoms with E-state index in [1.165, 1.54) is 25.3 Å². The van der Waals surface area contributed by atoms with Crippen molar-refractivity contribution in [2.75, 3.05) is 32.2 Å². The molecule has 0 aliphatic carbocycles. The predicted molar refractivity (Wildman–Crippen MR) is 114 cm³/mol. The minimum atomic E-state index is -0.349. The van der Waals surface area contributed by atoms with E-state index in [4.69, 9.17) is 4.74 Å². The number of methoxy groups -OCH3 is 1. The van der Waals surface area contributed by atoms with Gasteiger partial charge in [0.25, 0.3) is 0 Å². The summed E-state index contributed by atoms with van der Waals surface area (Å²) in [5, 5.41) is 6.54. The lowest BCUT2D eigenvalue weighted by atomic mass is 10.1. The molecule has 4 nitrogen and oxygen atoms in total. The maximum absolute atomic E-state index is 13.8. The van der Waals surface area contributed by atoms with E-state index >= 15 is 0 Å². The molecule has 0 aliphatic heterocycles. The number of rotatable bonds is 9. The first-order valence-corrected chi connectivity index (χ1v) is 9.39. The highest BCUT2D eigenvalue weighted by atomic mass is 127. The van der Waals surface area contributed by atoms with E-state index in [1.807, 2.05) is 31.7 Å². The highest BCUT2D eigenvalue weighted by Gasteiger charge is 2.11. The quantitative estimate of drug-likeness (QED) is 0.246. The summed E-state index contributed by atoms with van der Waals surface area (Å²) >= 11 is 1.86. The fourth-order valence-electron chi connectivity index (χ4n) is 2.11. The molecule has 0 bridgehead atoms. The maximum Gasteiger partial charge on any atom is 0.191 e. The Morgan fingerprint density at radius 2 is 2.12 bits per heavy atom. The number of unbranched alkanes of at least 4 members (excludes halogenated alkanes) is 1. The molecule has 0 saturated heterocycles. The van der Waals surface area contributed by atoms with E-state index in [0.717, 1.165) is 31.0 Å². The topological polar surface area (TPSA) is 45.7 Å². The number of ether oxygens (including phenoxy) is 1. The third-order valence-electron chi connectivity index (χ3n) is 3.40. The number of guanidine groups is 1. The van der Waals surface area contributed by atoms with Gasteiger partial charge in [-0.15, -0.1) is 24.0 Å². The van der Waals surface area contributed by atoms with Gasteiger partial charge in [-0.1, -0.05) is 6.07 Å². The van der Waals surface area contributed by atoms with Crippen molar-refractivity contribution < 1.29 is 9.13 Å². The molecule has 1 aromatic carbocycles. The first kappa shape index (κ1) is 23.3. The highest BCUT2D eigenvalue weighted by molar-refractivity contribution is 14.0. The standard InChI is InChI=1S/C17H28FN3OS.HI/c1-5-19-17(20-10-6-7-11-23-4)21-13(2)14-8-9-16(22-3)15(18)12-14;/h8-9,12-13H,5-7,10-11H2,1-4H3,(H2,19,20,21);1H. The number of hydrogen-bond acceptors (Lipinski definition) is 3. The maximum atomic E-state index is 13.8. The number of hydrogen-bond donors (Lipinski definition) is 2. The summed E-state index contributed by atoms with van der Waals surface area (Å²) in [4.78, 5) is 4.57. The number of aliphatic imine (C=N–C) groups is 1. The van der Waals surface area contributed by atoms with E-state index in [-0.39, 0.29) is 41.6 Å². The van der Waals surface area contributed by atoms with Crippen LogP contribution < -0.4 is 15.4 Å². The molecule has 24 heavy (non-hydrogen) atoms. The Hall–Kier alpha value is -0.700. The third-order valence-corrected chi connectivity index (χ3v) is 4.10. The smallest absolute Gasteiger partial charge is 0.191 e. The van der Waals surface area contributed by atoms with E-state index < -0.39 is 0 Å². The molecule has 0 saturated carbocycles. The second-order valence-corrected chi connectivity index (χ2v) is 6.21. The van der Waals surface area contributed by atoms with Gasteiger partial charge in [0, 0.05) is 13.1 Å². The second kappa shape index (κ2) is 13.6. The van der Waals surface area contributed by atoms with E-state index in [0.29, 0.717) is 0 Å². The van der Waals surface area contributed by atoms with Crippen molar-refractivity contribution in [2.45, 2.75) is 32.7 Å². The zero-order chi connectivity index (χ0) is 17.1. The van der Waals surface area contributed by atoms with Gasteiger partial charge in [0.15, 0.2) is 17.5 Å². The van der Waals surface area contributed by atoms with Crippen molar-refractivity contribution in [1.82, 2.24) is 10.6 Å². The number of thioether (sulfide) groups is 1. The normalized spacial score (nSPS) is 12.3. The molecule has 7 heteroatoms. The molecular formula is C17H29FIN3OS. The van der Waals surface area contributed by atoms with Crippen LogP contribution in [0, 0.1) is 5.82 Å². The van der Waals surface area contributed by atoms with Crippen LogP contribution in [0.2, 0.25) is 0 Å². The molecule has 0 amide bonds. The molecule has 0 aromatic heterocycles. The van der Waals surface area contributed by atoms with Crippen molar-refractivity contribution in [1.29, 1.82) is 0 Å². The molecule has 0 fully saturated rings. The van der Waals surface area contributed by atoms with E-state index in [9.17, 15) is 4.39 Å². The monoisotopic (exact) mass is 469 g/mol. The second-order valence-electron chi connectivity index (χ2n) is 5.22. The van der Waals surface area contributed by atoms with Crippen LogP contribution in [0.3, 0.4) is 0 Å². The van der Waals surface area contributed by atoms with Gasteiger partial charge in [0.2, 0.25) is 0 Å². The fourth-order valence-corrected chi connectivity index (χ4v) is 2.60. The summed E-state index contributed by atoms with van der Waals surface area (Å²) in [5.41, 5.74) is 0.858. The Morgan fingerprint density at radius 1 is 1.38 bits per heavy atom. The Labute approximate surface area is 166 Å². The van der Waals surface area contributed by atoms with E-state index in [2.05, 4.69) is 21.9 Å². The van der Waals surface area contributed by atoms with Crippen LogP contribution in [0.15, 0.2) is 23.2 Å². The zero-order valence-electron chi connectivity index (χ0n) is 14.9. The van der Waals surface area contributed by atoms with Crippen LogP contribution in [0.1, 0.15) is 38.3 Å². The molecule has 138 valence electrons. The van der Waals surface area contributed by atoms with Crippen LogP contribution in [0.4, 0.5) is 4.39 Å². The Bertz CT molecular complexity index is 503. The minimum Gasteiger partial charge on any atom is -0.494 e.